The van der Waals surface area contributed by atoms with E-state index >= 15 is 0 Å². The van der Waals surface area contributed by atoms with Crippen LogP contribution < -0.4 is 5.73 Å². The van der Waals surface area contributed by atoms with Gasteiger partial charge in [0.05, 0.1) is 0 Å². The van der Waals surface area contributed by atoms with Gasteiger partial charge in [0.1, 0.15) is 5.84 Å². The van der Waals surface area contributed by atoms with Crippen molar-refractivity contribution < 1.29 is 8.78 Å². The molecule has 3 N–H and O–H groups in total. The van der Waals surface area contributed by atoms with E-state index in [4.69, 9.17) is 11.1 Å². The molecule has 0 amide bonds. The molecule has 1 aromatic carbocycles. The number of rotatable bonds is 2. The van der Waals surface area contributed by atoms with E-state index in [0.29, 0.717) is 5.56 Å². The van der Waals surface area contributed by atoms with E-state index in [0.717, 1.165) is 0 Å². The Morgan fingerprint density at radius 1 is 1.42 bits per heavy atom. The lowest BCUT2D eigenvalue weighted by molar-refractivity contribution is 0.151. The third-order valence-corrected chi connectivity index (χ3v) is 1.45. The first-order valence-electron chi connectivity index (χ1n) is 3.34. The van der Waals surface area contributed by atoms with Gasteiger partial charge in [-0.3, -0.25) is 5.41 Å². The van der Waals surface area contributed by atoms with Crippen LogP contribution in [0.1, 0.15) is 17.6 Å². The molecule has 0 unspecified atom stereocenters. The van der Waals surface area contributed by atoms with E-state index in [1.807, 2.05) is 0 Å². The summed E-state index contributed by atoms with van der Waals surface area (Å²) in [6, 6.07) is 5.50. The maximum Gasteiger partial charge on any atom is 0.263 e. The van der Waals surface area contributed by atoms with Crippen molar-refractivity contribution in [1.29, 1.82) is 5.41 Å². The molecule has 0 aliphatic heterocycles. The zero-order chi connectivity index (χ0) is 9.14. The summed E-state index contributed by atoms with van der Waals surface area (Å²) in [5.41, 5.74) is 5.34. The topological polar surface area (TPSA) is 49.9 Å². The number of hydrogen-bond acceptors (Lipinski definition) is 1. The van der Waals surface area contributed by atoms with Crippen LogP contribution in [0.2, 0.25) is 0 Å². The van der Waals surface area contributed by atoms with Crippen molar-refractivity contribution in [2.75, 3.05) is 0 Å². The Kier molecular flexibility index (Phi) is 2.38. The van der Waals surface area contributed by atoms with Gasteiger partial charge in [-0.1, -0.05) is 18.2 Å². The van der Waals surface area contributed by atoms with Gasteiger partial charge in [-0.15, -0.1) is 0 Å². The number of nitrogen functional groups attached to an aromatic ring is 1. The largest absolute Gasteiger partial charge is 0.384 e. The Morgan fingerprint density at radius 3 is 2.58 bits per heavy atom. The number of alkyl halides is 2. The Bertz CT molecular complexity index is 297. The number of hydrogen-bond donors (Lipinski definition) is 2. The van der Waals surface area contributed by atoms with Crippen LogP contribution in [0.15, 0.2) is 24.3 Å². The molecule has 0 saturated heterocycles. The highest BCUT2D eigenvalue weighted by atomic mass is 19.3. The first-order valence-corrected chi connectivity index (χ1v) is 3.34. The van der Waals surface area contributed by atoms with Crippen molar-refractivity contribution in [3.8, 4) is 0 Å². The highest BCUT2D eigenvalue weighted by molar-refractivity contribution is 5.95. The van der Waals surface area contributed by atoms with Crippen LogP contribution in [0.4, 0.5) is 8.78 Å². The minimum absolute atomic E-state index is 0.109. The van der Waals surface area contributed by atoms with Crippen LogP contribution >= 0.6 is 0 Å². The third kappa shape index (κ3) is 1.78. The zero-order valence-corrected chi connectivity index (χ0v) is 6.22. The molecule has 1 rings (SSSR count). The van der Waals surface area contributed by atoms with Crippen LogP contribution in [0.3, 0.4) is 0 Å². The molecule has 4 heteroatoms. The first-order chi connectivity index (χ1) is 5.61. The number of halogens is 2. The standard InChI is InChI=1S/C8H8F2N2/c9-7(10)5-2-1-3-6(4-5)8(11)12/h1-4,7H,(H3,11,12). The number of nitrogens with two attached hydrogens (primary N) is 1. The summed E-state index contributed by atoms with van der Waals surface area (Å²) >= 11 is 0. The molecule has 2 nitrogen and oxygen atoms in total. The van der Waals surface area contributed by atoms with Gasteiger partial charge in [0, 0.05) is 11.1 Å². The van der Waals surface area contributed by atoms with E-state index in [9.17, 15) is 8.78 Å². The molecule has 0 spiro atoms. The highest BCUT2D eigenvalue weighted by Gasteiger charge is 2.07. The second-order valence-corrected chi connectivity index (χ2v) is 2.34. The molecule has 12 heavy (non-hydrogen) atoms. The van der Waals surface area contributed by atoms with Gasteiger partial charge < -0.3 is 5.73 Å². The van der Waals surface area contributed by atoms with E-state index < -0.39 is 6.43 Å². The van der Waals surface area contributed by atoms with Gasteiger partial charge >= 0.3 is 0 Å². The molecule has 0 atom stereocenters. The number of benzene rings is 1. The molecule has 1 aromatic rings. The third-order valence-electron chi connectivity index (χ3n) is 1.45. The van der Waals surface area contributed by atoms with Gasteiger partial charge in [0.2, 0.25) is 0 Å². The molecular weight excluding hydrogens is 162 g/mol. The summed E-state index contributed by atoms with van der Waals surface area (Å²) in [7, 11) is 0. The Balaban J connectivity index is 3.04. The monoisotopic (exact) mass is 170 g/mol. The molecule has 0 aliphatic carbocycles. The predicted molar refractivity (Wildman–Crippen MR) is 42.4 cm³/mol. The van der Waals surface area contributed by atoms with Crippen molar-refractivity contribution in [1.82, 2.24) is 0 Å². The van der Waals surface area contributed by atoms with Gasteiger partial charge in [-0.25, -0.2) is 8.78 Å². The molecule has 0 heterocycles. The molecule has 64 valence electrons. The van der Waals surface area contributed by atoms with E-state index in [1.54, 1.807) is 0 Å². The van der Waals surface area contributed by atoms with Crippen molar-refractivity contribution >= 4 is 5.84 Å². The van der Waals surface area contributed by atoms with Gasteiger partial charge in [0.15, 0.2) is 0 Å². The molecule has 0 fully saturated rings. The Labute approximate surface area is 68.5 Å². The summed E-state index contributed by atoms with van der Waals surface area (Å²) in [4.78, 5) is 0. The quantitative estimate of drug-likeness (QED) is 0.517. The van der Waals surface area contributed by atoms with Gasteiger partial charge in [-0.05, 0) is 6.07 Å². The molecular formula is C8H8F2N2. The molecule has 0 aliphatic rings. The van der Waals surface area contributed by atoms with E-state index in [1.165, 1.54) is 24.3 Å². The van der Waals surface area contributed by atoms with E-state index in [-0.39, 0.29) is 11.4 Å². The average molecular weight is 170 g/mol. The fourth-order valence-electron chi connectivity index (χ4n) is 0.842. The molecule has 0 saturated carbocycles. The number of amidine groups is 1. The smallest absolute Gasteiger partial charge is 0.263 e. The lowest BCUT2D eigenvalue weighted by Crippen LogP contribution is -2.11. The van der Waals surface area contributed by atoms with Crippen molar-refractivity contribution in [3.05, 3.63) is 35.4 Å². The molecule has 0 bridgehead atoms. The maximum absolute atomic E-state index is 12.1. The Hall–Kier alpha value is -1.45. The van der Waals surface area contributed by atoms with Crippen molar-refractivity contribution in [2.45, 2.75) is 6.43 Å². The summed E-state index contributed by atoms with van der Waals surface area (Å²) < 4.78 is 24.2. The normalized spacial score (nSPS) is 10.2. The van der Waals surface area contributed by atoms with E-state index in [2.05, 4.69) is 0 Å². The molecule has 0 aromatic heterocycles. The maximum atomic E-state index is 12.1. The zero-order valence-electron chi connectivity index (χ0n) is 6.22. The first kappa shape index (κ1) is 8.64. The van der Waals surface area contributed by atoms with Gasteiger partial charge in [-0.2, -0.15) is 0 Å². The van der Waals surface area contributed by atoms with Crippen molar-refractivity contribution in [3.63, 3.8) is 0 Å². The van der Waals surface area contributed by atoms with Crippen LogP contribution in [0.25, 0.3) is 0 Å². The second kappa shape index (κ2) is 3.30. The summed E-state index contributed by atoms with van der Waals surface area (Å²) in [5.74, 6) is -0.197. The summed E-state index contributed by atoms with van der Waals surface area (Å²) in [6.45, 7) is 0. The lowest BCUT2D eigenvalue weighted by Gasteiger charge is -2.01. The predicted octanol–water partition coefficient (Wildman–Crippen LogP) is 1.91. The van der Waals surface area contributed by atoms with Crippen LogP contribution in [-0.4, -0.2) is 5.84 Å². The van der Waals surface area contributed by atoms with Crippen LogP contribution in [-0.2, 0) is 0 Å². The highest BCUT2D eigenvalue weighted by Crippen LogP contribution is 2.18. The van der Waals surface area contributed by atoms with Crippen LogP contribution in [0, 0.1) is 5.41 Å². The SMILES string of the molecule is N=C(N)c1cccc(C(F)F)c1. The fourth-order valence-corrected chi connectivity index (χ4v) is 0.842. The van der Waals surface area contributed by atoms with Crippen molar-refractivity contribution in [2.24, 2.45) is 5.73 Å². The summed E-state index contributed by atoms with van der Waals surface area (Å²) in [6.07, 6.45) is -2.51. The lowest BCUT2D eigenvalue weighted by atomic mass is 10.1. The van der Waals surface area contributed by atoms with Gasteiger partial charge in [0.25, 0.3) is 6.43 Å². The fraction of sp³-hybridized carbons (Fsp3) is 0.125. The minimum atomic E-state index is -2.51. The Morgan fingerprint density at radius 2 is 2.08 bits per heavy atom. The minimum Gasteiger partial charge on any atom is -0.384 e. The number of nitrogens with one attached hydrogen (secondary N) is 1. The second-order valence-electron chi connectivity index (χ2n) is 2.34. The average Bonchev–Trinajstić information content (AvgIpc) is 2.04. The molecule has 0 radical (unpaired) electrons. The summed E-state index contributed by atoms with van der Waals surface area (Å²) in [5, 5.41) is 7.01. The van der Waals surface area contributed by atoms with Crippen LogP contribution in [0.5, 0.6) is 0 Å².